The van der Waals surface area contributed by atoms with Crippen molar-refractivity contribution < 1.29 is 24.2 Å². The highest BCUT2D eigenvalue weighted by Crippen LogP contribution is 2.36. The minimum atomic E-state index is -1.13. The Morgan fingerprint density at radius 1 is 0.950 bits per heavy atom. The average Bonchev–Trinajstić information content (AvgIpc) is 2.85. The van der Waals surface area contributed by atoms with Gasteiger partial charge in [0.05, 0.1) is 0 Å². The van der Waals surface area contributed by atoms with Gasteiger partial charge in [0.15, 0.2) is 0 Å². The van der Waals surface area contributed by atoms with E-state index in [1.165, 1.54) is 4.90 Å². The van der Waals surface area contributed by atoms with Crippen molar-refractivity contribution in [2.45, 2.75) is 104 Å². The normalized spacial score (nSPS) is 13.2. The van der Waals surface area contributed by atoms with E-state index >= 15 is 0 Å². The first kappa shape index (κ1) is 32.7. The average molecular weight is 554 g/mol. The number of nitrogens with zero attached hydrogens (tertiary/aromatic N) is 1. The number of carbonyl (C=O) groups is 3. The van der Waals surface area contributed by atoms with Crippen molar-refractivity contribution in [3.8, 4) is 5.75 Å². The van der Waals surface area contributed by atoms with Crippen LogP contribution in [0.2, 0.25) is 0 Å². The second kappa shape index (κ2) is 14.2. The summed E-state index contributed by atoms with van der Waals surface area (Å²) in [5, 5.41) is 16.8. The van der Waals surface area contributed by atoms with Gasteiger partial charge in [0.25, 0.3) is 0 Å². The van der Waals surface area contributed by atoms with Crippen molar-refractivity contribution >= 4 is 17.9 Å². The summed E-state index contributed by atoms with van der Waals surface area (Å²) in [6.07, 6.45) is 2.23. The molecule has 0 saturated heterocycles. The molecule has 0 aromatic heterocycles. The Balaban J connectivity index is 2.60. The van der Waals surface area contributed by atoms with E-state index in [0.717, 1.165) is 24.8 Å². The topological polar surface area (TPSA) is 108 Å². The Bertz CT molecular complexity index is 1140. The number of ether oxygens (including phenoxy) is 1. The molecule has 40 heavy (non-hydrogen) atoms. The van der Waals surface area contributed by atoms with Gasteiger partial charge in [-0.3, -0.25) is 9.59 Å². The van der Waals surface area contributed by atoms with Crippen molar-refractivity contribution in [3.05, 3.63) is 65.2 Å². The standard InChI is InChI=1S/C32H47N3O5/c1-9-10-14-20-33-28(37)26(24-19-15-16-22(2)27(24)36)35(31(3,4)5)29(38)25(21-23-17-12-11-13-18-23)34-30(39)40-32(6,7)8/h11-13,15-19,25-26,36H,9-10,14,20-21H2,1-8H3,(H,33,37)(H,34,39). The maximum absolute atomic E-state index is 14.5. The number of phenolic OH excluding ortho intramolecular Hbond substituents is 1. The Labute approximate surface area is 239 Å². The first-order valence-corrected chi connectivity index (χ1v) is 14.1. The molecule has 2 aromatic carbocycles. The van der Waals surface area contributed by atoms with Crippen molar-refractivity contribution in [2.24, 2.45) is 0 Å². The summed E-state index contributed by atoms with van der Waals surface area (Å²) in [7, 11) is 0. The summed E-state index contributed by atoms with van der Waals surface area (Å²) >= 11 is 0. The number of hydrogen-bond donors (Lipinski definition) is 3. The highest BCUT2D eigenvalue weighted by atomic mass is 16.6. The second-order valence-corrected chi connectivity index (χ2v) is 12.2. The minimum absolute atomic E-state index is 0.0435. The first-order valence-electron chi connectivity index (χ1n) is 14.1. The number of aromatic hydroxyl groups is 1. The monoisotopic (exact) mass is 553 g/mol. The Kier molecular flexibility index (Phi) is 11.6. The molecule has 0 radical (unpaired) electrons. The molecule has 0 heterocycles. The van der Waals surface area contributed by atoms with E-state index in [1.54, 1.807) is 45.9 Å². The zero-order valence-electron chi connectivity index (χ0n) is 25.3. The number of amides is 3. The molecule has 2 atom stereocenters. The fourth-order valence-electron chi connectivity index (χ4n) is 4.50. The van der Waals surface area contributed by atoms with Gasteiger partial charge in [0, 0.05) is 24.1 Å². The molecule has 2 rings (SSSR count). The zero-order valence-corrected chi connectivity index (χ0v) is 25.3. The van der Waals surface area contributed by atoms with Crippen LogP contribution >= 0.6 is 0 Å². The third-order valence-corrected chi connectivity index (χ3v) is 6.38. The lowest BCUT2D eigenvalue weighted by Gasteiger charge is -2.43. The molecule has 0 bridgehead atoms. The molecule has 0 aliphatic rings. The van der Waals surface area contributed by atoms with Gasteiger partial charge in [0.1, 0.15) is 23.4 Å². The van der Waals surface area contributed by atoms with Crippen molar-refractivity contribution in [1.29, 1.82) is 0 Å². The van der Waals surface area contributed by atoms with Crippen LogP contribution in [-0.2, 0) is 20.7 Å². The number of phenols is 1. The summed E-state index contributed by atoms with van der Waals surface area (Å²) in [6.45, 7) is 15.0. The van der Waals surface area contributed by atoms with Crippen LogP contribution in [0.25, 0.3) is 0 Å². The van der Waals surface area contributed by atoms with E-state index in [9.17, 15) is 19.5 Å². The van der Waals surface area contributed by atoms with Gasteiger partial charge in [-0.15, -0.1) is 0 Å². The molecule has 2 aromatic rings. The summed E-state index contributed by atoms with van der Waals surface area (Å²) in [5.74, 6) is -0.897. The zero-order chi connectivity index (χ0) is 30.1. The molecule has 220 valence electrons. The molecule has 0 saturated carbocycles. The van der Waals surface area contributed by atoms with Gasteiger partial charge >= 0.3 is 6.09 Å². The molecule has 8 nitrogen and oxygen atoms in total. The van der Waals surface area contributed by atoms with Gasteiger partial charge in [-0.25, -0.2) is 4.79 Å². The third-order valence-electron chi connectivity index (χ3n) is 6.38. The summed E-state index contributed by atoms with van der Waals surface area (Å²) < 4.78 is 5.48. The SMILES string of the molecule is CCCCCNC(=O)C(c1cccc(C)c1O)N(C(=O)C(Cc1ccccc1)NC(=O)OC(C)(C)C)C(C)(C)C. The van der Waals surface area contributed by atoms with Crippen LogP contribution in [0.4, 0.5) is 4.79 Å². The molecular formula is C32H47N3O5. The number of alkyl carbamates (subject to hydrolysis) is 1. The first-order chi connectivity index (χ1) is 18.7. The van der Waals surface area contributed by atoms with Crippen LogP contribution < -0.4 is 10.6 Å². The Morgan fingerprint density at radius 2 is 1.60 bits per heavy atom. The van der Waals surface area contributed by atoms with Crippen LogP contribution in [0, 0.1) is 6.92 Å². The Hall–Kier alpha value is -3.55. The third kappa shape index (κ3) is 9.57. The van der Waals surface area contributed by atoms with Crippen LogP contribution in [0.3, 0.4) is 0 Å². The molecule has 3 amide bonds. The minimum Gasteiger partial charge on any atom is -0.507 e. The van der Waals surface area contributed by atoms with Gasteiger partial charge in [-0.2, -0.15) is 0 Å². The van der Waals surface area contributed by atoms with Crippen LogP contribution in [0.15, 0.2) is 48.5 Å². The number of hydrogen-bond acceptors (Lipinski definition) is 5. The predicted molar refractivity (Wildman–Crippen MR) is 158 cm³/mol. The fraction of sp³-hybridized carbons (Fsp3) is 0.531. The summed E-state index contributed by atoms with van der Waals surface area (Å²) in [6, 6.07) is 12.4. The van der Waals surface area contributed by atoms with Crippen molar-refractivity contribution in [2.75, 3.05) is 6.54 Å². The number of rotatable bonds is 11. The highest BCUT2D eigenvalue weighted by Gasteiger charge is 2.43. The van der Waals surface area contributed by atoms with Crippen molar-refractivity contribution in [3.63, 3.8) is 0 Å². The van der Waals surface area contributed by atoms with Crippen LogP contribution in [-0.4, -0.2) is 51.6 Å². The van der Waals surface area contributed by atoms with E-state index in [4.69, 9.17) is 4.74 Å². The molecule has 2 unspecified atom stereocenters. The molecule has 8 heteroatoms. The lowest BCUT2D eigenvalue weighted by atomic mass is 9.93. The van der Waals surface area contributed by atoms with E-state index < -0.39 is 41.1 Å². The molecule has 0 aliphatic heterocycles. The van der Waals surface area contributed by atoms with Gasteiger partial charge < -0.3 is 25.4 Å². The summed E-state index contributed by atoms with van der Waals surface area (Å²) in [5.41, 5.74) is 0.137. The van der Waals surface area contributed by atoms with Crippen LogP contribution in [0.5, 0.6) is 5.75 Å². The maximum Gasteiger partial charge on any atom is 0.408 e. The predicted octanol–water partition coefficient (Wildman–Crippen LogP) is 5.81. The number of para-hydroxylation sites is 1. The lowest BCUT2D eigenvalue weighted by molar-refractivity contribution is -0.148. The van der Waals surface area contributed by atoms with Gasteiger partial charge in [0.2, 0.25) is 11.8 Å². The number of unbranched alkanes of at least 4 members (excludes halogenated alkanes) is 2. The van der Waals surface area contributed by atoms with E-state index in [1.807, 2.05) is 51.1 Å². The number of carbonyl (C=O) groups excluding carboxylic acids is 3. The molecule has 3 N–H and O–H groups in total. The molecule has 0 aliphatic carbocycles. The fourth-order valence-corrected chi connectivity index (χ4v) is 4.50. The largest absolute Gasteiger partial charge is 0.507 e. The second-order valence-electron chi connectivity index (χ2n) is 12.2. The summed E-state index contributed by atoms with van der Waals surface area (Å²) in [4.78, 5) is 42.7. The number of aryl methyl sites for hydroxylation is 1. The highest BCUT2D eigenvalue weighted by molar-refractivity contribution is 5.93. The Morgan fingerprint density at radius 3 is 2.17 bits per heavy atom. The van der Waals surface area contributed by atoms with E-state index in [0.29, 0.717) is 17.7 Å². The lowest BCUT2D eigenvalue weighted by Crippen LogP contribution is -2.59. The quantitative estimate of drug-likeness (QED) is 0.304. The molecule has 0 spiro atoms. The molecule has 0 fully saturated rings. The van der Waals surface area contributed by atoms with Gasteiger partial charge in [-0.1, -0.05) is 68.3 Å². The van der Waals surface area contributed by atoms with E-state index in [2.05, 4.69) is 17.6 Å². The van der Waals surface area contributed by atoms with Crippen LogP contribution in [0.1, 0.15) is 90.5 Å². The maximum atomic E-state index is 14.5. The van der Waals surface area contributed by atoms with Gasteiger partial charge in [-0.05, 0) is 66.0 Å². The van der Waals surface area contributed by atoms with Crippen molar-refractivity contribution in [1.82, 2.24) is 15.5 Å². The number of benzene rings is 2. The number of nitrogens with one attached hydrogen (secondary N) is 2. The molecular weight excluding hydrogens is 506 g/mol. The van der Waals surface area contributed by atoms with E-state index in [-0.39, 0.29) is 12.2 Å². The smallest absolute Gasteiger partial charge is 0.408 e.